The fraction of sp³-hybridized carbons (Fsp3) is 0.263. The summed E-state index contributed by atoms with van der Waals surface area (Å²) in [7, 11) is -7.44. The molecule has 2 amide bonds. The topological polar surface area (TPSA) is 164 Å². The molecule has 2 atom stereocenters. The highest BCUT2D eigenvalue weighted by atomic mass is 35.5. The number of benzene rings is 4. The second-order valence-corrected chi connectivity index (χ2v) is 15.6. The van der Waals surface area contributed by atoms with Crippen molar-refractivity contribution < 1.29 is 49.0 Å². The van der Waals surface area contributed by atoms with Crippen LogP contribution in [0.5, 0.6) is 23.0 Å². The van der Waals surface area contributed by atoms with Crippen molar-refractivity contribution in [3.05, 3.63) is 119 Å². The van der Waals surface area contributed by atoms with Gasteiger partial charge in [-0.1, -0.05) is 35.9 Å². The monoisotopic (exact) mass is 798 g/mol. The van der Waals surface area contributed by atoms with Crippen LogP contribution in [0, 0.1) is 0 Å². The fourth-order valence-electron chi connectivity index (χ4n) is 5.30. The summed E-state index contributed by atoms with van der Waals surface area (Å²) in [6.07, 6.45) is 0.231. The number of hydrogen-bond donors (Lipinski definition) is 1. The third-order valence-corrected chi connectivity index (χ3v) is 10.5. The number of hydrogen-bond acceptors (Lipinski definition) is 11. The molecule has 1 saturated heterocycles. The van der Waals surface area contributed by atoms with Gasteiger partial charge in [0.25, 0.3) is 20.2 Å². The number of nitrogens with one attached hydrogen (secondary N) is 1. The minimum Gasteiger partial charge on any atom is -0.485 e. The SMILES string of the molecule is CCOS(=O)(=O)/C=C/c1ccc(O[C@@H]2CN(C(=O)C(=O)Nc3ccc(Oc4ccc(Cl)cc4)cc3)C[C@H]2Oc2ccc(CCS(=O)(=O)OCC)cc2)cc1. The largest absolute Gasteiger partial charge is 0.485 e. The maximum Gasteiger partial charge on any atom is 0.313 e. The van der Waals surface area contributed by atoms with Crippen molar-refractivity contribution >= 4 is 55.4 Å². The van der Waals surface area contributed by atoms with Crippen LogP contribution in [-0.4, -0.2) is 77.8 Å². The van der Waals surface area contributed by atoms with Gasteiger partial charge in [-0.2, -0.15) is 16.8 Å². The normalized spacial score (nSPS) is 15.9. The lowest BCUT2D eigenvalue weighted by atomic mass is 10.1. The lowest BCUT2D eigenvalue weighted by molar-refractivity contribution is -0.142. The smallest absolute Gasteiger partial charge is 0.313 e. The van der Waals surface area contributed by atoms with E-state index in [0.29, 0.717) is 39.3 Å². The molecule has 0 unspecified atom stereocenters. The van der Waals surface area contributed by atoms with Crippen molar-refractivity contribution in [1.29, 1.82) is 0 Å². The van der Waals surface area contributed by atoms with E-state index in [9.17, 15) is 26.4 Å². The highest BCUT2D eigenvalue weighted by molar-refractivity contribution is 7.89. The predicted molar refractivity (Wildman–Crippen MR) is 204 cm³/mol. The Bertz CT molecular complexity index is 2130. The van der Waals surface area contributed by atoms with Crippen LogP contribution in [0.4, 0.5) is 5.69 Å². The van der Waals surface area contributed by atoms with E-state index in [1.807, 2.05) is 0 Å². The van der Waals surface area contributed by atoms with E-state index in [0.717, 1.165) is 11.0 Å². The molecule has 1 fully saturated rings. The van der Waals surface area contributed by atoms with Crippen LogP contribution in [0.2, 0.25) is 5.02 Å². The summed E-state index contributed by atoms with van der Waals surface area (Å²) < 4.78 is 75.5. The van der Waals surface area contributed by atoms with Gasteiger partial charge in [0.05, 0.1) is 37.5 Å². The van der Waals surface area contributed by atoms with Crippen LogP contribution in [0.15, 0.2) is 102 Å². The van der Waals surface area contributed by atoms with E-state index >= 15 is 0 Å². The second kappa shape index (κ2) is 18.4. The molecule has 16 heteroatoms. The van der Waals surface area contributed by atoms with Gasteiger partial charge < -0.3 is 24.4 Å². The summed E-state index contributed by atoms with van der Waals surface area (Å²) in [5.41, 5.74) is 1.72. The van der Waals surface area contributed by atoms with Crippen LogP contribution in [0.25, 0.3) is 6.08 Å². The van der Waals surface area contributed by atoms with E-state index in [1.165, 1.54) is 11.0 Å². The predicted octanol–water partition coefficient (Wildman–Crippen LogP) is 6.05. The molecule has 4 aromatic carbocycles. The van der Waals surface area contributed by atoms with Crippen molar-refractivity contribution in [1.82, 2.24) is 4.90 Å². The summed E-state index contributed by atoms with van der Waals surface area (Å²) >= 11 is 5.93. The summed E-state index contributed by atoms with van der Waals surface area (Å²) in [6, 6.07) is 26.8. The van der Waals surface area contributed by atoms with Crippen molar-refractivity contribution in [2.75, 3.05) is 37.4 Å². The van der Waals surface area contributed by atoms with Gasteiger partial charge >= 0.3 is 11.8 Å². The number of aryl methyl sites for hydroxylation is 1. The third-order valence-electron chi connectivity index (χ3n) is 7.88. The van der Waals surface area contributed by atoms with Gasteiger partial charge in [0.15, 0.2) is 12.2 Å². The van der Waals surface area contributed by atoms with Crippen LogP contribution in [0.3, 0.4) is 0 Å². The summed E-state index contributed by atoms with van der Waals surface area (Å²) in [5, 5.41) is 4.17. The molecule has 0 aromatic heterocycles. The molecule has 4 aromatic rings. The molecule has 0 saturated carbocycles. The summed E-state index contributed by atoms with van der Waals surface area (Å²) in [5.74, 6) is 0.146. The molecule has 1 N–H and O–H groups in total. The minimum atomic E-state index is -3.81. The number of nitrogens with zero attached hydrogens (tertiary/aromatic N) is 1. The number of halogens is 1. The molecule has 1 aliphatic heterocycles. The number of rotatable bonds is 16. The Kier molecular flexibility index (Phi) is 13.7. The molecule has 1 aliphatic rings. The van der Waals surface area contributed by atoms with Gasteiger partial charge in [0, 0.05) is 10.7 Å². The zero-order valence-electron chi connectivity index (χ0n) is 29.4. The average Bonchev–Trinajstić information content (AvgIpc) is 3.54. The molecular formula is C38H39ClN2O11S2. The number of anilines is 1. The second-order valence-electron chi connectivity index (χ2n) is 11.9. The highest BCUT2D eigenvalue weighted by Gasteiger charge is 2.40. The van der Waals surface area contributed by atoms with Gasteiger partial charge in [-0.3, -0.25) is 18.0 Å². The standard InChI is InChI=1S/C38H39ClN2O11S2/c1-3-48-53(44,45)23-21-27-5-13-33(14-6-27)51-35-25-41(26-36(35)52-34-15-7-28(8-16-34)22-24-54(46,47)49-4-2)38(43)37(42)40-30-11-19-32(20-12-30)50-31-17-9-29(39)10-18-31/h5-21,23,35-36H,3-4,22,24-26H2,1-2H3,(H,40,42)/b23-21+/t35-,36-/m1/s1. The van der Waals surface area contributed by atoms with Gasteiger partial charge in [0.1, 0.15) is 23.0 Å². The first-order valence-electron chi connectivity index (χ1n) is 16.9. The number of amides is 2. The lowest BCUT2D eigenvalue weighted by Crippen LogP contribution is -2.39. The Morgan fingerprint density at radius 2 is 1.26 bits per heavy atom. The van der Waals surface area contributed by atoms with Crippen LogP contribution >= 0.6 is 11.6 Å². The Morgan fingerprint density at radius 1 is 0.741 bits per heavy atom. The van der Waals surface area contributed by atoms with Crippen LogP contribution in [0.1, 0.15) is 25.0 Å². The summed E-state index contributed by atoms with van der Waals surface area (Å²) in [6.45, 7) is 3.31. The fourth-order valence-corrected chi connectivity index (χ4v) is 7.12. The molecule has 1 heterocycles. The highest BCUT2D eigenvalue weighted by Crippen LogP contribution is 2.27. The Hall–Kier alpha value is -4.93. The molecular weight excluding hydrogens is 760 g/mol. The Morgan fingerprint density at radius 3 is 1.81 bits per heavy atom. The molecule has 0 aliphatic carbocycles. The van der Waals surface area contributed by atoms with Gasteiger partial charge in [0.2, 0.25) is 0 Å². The molecule has 286 valence electrons. The van der Waals surface area contributed by atoms with Gasteiger partial charge in [-0.05, 0) is 110 Å². The lowest BCUT2D eigenvalue weighted by Gasteiger charge is -2.21. The number of carbonyl (C=O) groups is 2. The van der Waals surface area contributed by atoms with Crippen LogP contribution in [-0.2, 0) is 44.6 Å². The van der Waals surface area contributed by atoms with E-state index in [1.54, 1.807) is 111 Å². The van der Waals surface area contributed by atoms with Gasteiger partial charge in [-0.15, -0.1) is 0 Å². The number of carbonyl (C=O) groups excluding carboxylic acids is 2. The molecule has 0 radical (unpaired) electrons. The third kappa shape index (κ3) is 12.0. The minimum absolute atomic E-state index is 0.0164. The van der Waals surface area contributed by atoms with E-state index < -0.39 is 44.3 Å². The molecule has 0 spiro atoms. The quantitative estimate of drug-likeness (QED) is 0.104. The number of likely N-dealkylation sites (tertiary alicyclic amines) is 1. The molecule has 0 bridgehead atoms. The van der Waals surface area contributed by atoms with Crippen molar-refractivity contribution in [3.8, 4) is 23.0 Å². The van der Waals surface area contributed by atoms with E-state index in [2.05, 4.69) is 5.32 Å². The average molecular weight is 799 g/mol. The first kappa shape index (κ1) is 40.3. The zero-order chi connectivity index (χ0) is 38.7. The first-order chi connectivity index (χ1) is 25.8. The molecule has 13 nitrogen and oxygen atoms in total. The first-order valence-corrected chi connectivity index (χ1v) is 20.3. The van der Waals surface area contributed by atoms with E-state index in [4.69, 9.17) is 34.2 Å². The van der Waals surface area contributed by atoms with Crippen molar-refractivity contribution in [3.63, 3.8) is 0 Å². The maximum absolute atomic E-state index is 13.4. The molecule has 5 rings (SSSR count). The van der Waals surface area contributed by atoms with E-state index in [-0.39, 0.29) is 38.5 Å². The Balaban J connectivity index is 1.26. The summed E-state index contributed by atoms with van der Waals surface area (Å²) in [4.78, 5) is 27.9. The van der Waals surface area contributed by atoms with Gasteiger partial charge in [-0.25, -0.2) is 0 Å². The molecule has 54 heavy (non-hydrogen) atoms. The zero-order valence-corrected chi connectivity index (χ0v) is 31.8. The van der Waals surface area contributed by atoms with Crippen molar-refractivity contribution in [2.24, 2.45) is 0 Å². The van der Waals surface area contributed by atoms with Crippen LogP contribution < -0.4 is 19.5 Å². The van der Waals surface area contributed by atoms with Crippen molar-refractivity contribution in [2.45, 2.75) is 32.5 Å². The maximum atomic E-state index is 13.4. The Labute approximate surface area is 319 Å². The number of ether oxygens (including phenoxy) is 3.